The minimum Gasteiger partial charge on any atom is -0.341 e. The van der Waals surface area contributed by atoms with Crippen LogP contribution < -0.4 is 5.56 Å². The first-order valence-electron chi connectivity index (χ1n) is 6.54. The van der Waals surface area contributed by atoms with Crippen LogP contribution in [0.4, 0.5) is 0 Å². The number of piperidine rings is 1. The molecule has 1 fully saturated rings. The Balaban J connectivity index is 2.04. The Labute approximate surface area is 106 Å². The van der Waals surface area contributed by atoms with Gasteiger partial charge in [0, 0.05) is 24.8 Å². The van der Waals surface area contributed by atoms with E-state index in [9.17, 15) is 9.59 Å². The van der Waals surface area contributed by atoms with Crippen molar-refractivity contribution in [1.29, 1.82) is 0 Å². The highest BCUT2D eigenvalue weighted by molar-refractivity contribution is 5.76. The summed E-state index contributed by atoms with van der Waals surface area (Å²) in [6, 6.07) is 1.50. The molecule has 1 saturated heterocycles. The molecule has 18 heavy (non-hydrogen) atoms. The second-order valence-corrected chi connectivity index (χ2v) is 4.64. The number of carbonyl (C=O) groups is 1. The van der Waals surface area contributed by atoms with Crippen LogP contribution in [-0.4, -0.2) is 33.4 Å². The van der Waals surface area contributed by atoms with Crippen molar-refractivity contribution in [3.8, 4) is 0 Å². The number of hydrogen-bond acceptors (Lipinski definition) is 3. The van der Waals surface area contributed by atoms with E-state index < -0.39 is 0 Å². The predicted molar refractivity (Wildman–Crippen MR) is 68.3 cm³/mol. The van der Waals surface area contributed by atoms with Crippen LogP contribution in [0.1, 0.15) is 31.9 Å². The summed E-state index contributed by atoms with van der Waals surface area (Å²) in [5, 5.41) is 0. The number of hydrogen-bond donors (Lipinski definition) is 0. The summed E-state index contributed by atoms with van der Waals surface area (Å²) in [5.74, 6) is 0.0165. The smallest absolute Gasteiger partial charge is 0.253 e. The number of carbonyl (C=O) groups excluding carboxylic acids is 1. The maximum Gasteiger partial charge on any atom is 0.253 e. The molecule has 1 amide bonds. The molecule has 5 heteroatoms. The van der Waals surface area contributed by atoms with E-state index >= 15 is 0 Å². The van der Waals surface area contributed by atoms with Gasteiger partial charge in [-0.1, -0.05) is 6.92 Å². The molecule has 1 aliphatic rings. The highest BCUT2D eigenvalue weighted by Crippen LogP contribution is 2.08. The van der Waals surface area contributed by atoms with Gasteiger partial charge in [0.05, 0.1) is 6.33 Å². The van der Waals surface area contributed by atoms with E-state index in [0.29, 0.717) is 0 Å². The van der Waals surface area contributed by atoms with E-state index in [4.69, 9.17) is 0 Å². The number of likely N-dealkylation sites (tertiary alicyclic amines) is 1. The average molecular weight is 249 g/mol. The molecule has 1 aromatic rings. The molecule has 1 aromatic heterocycles. The average Bonchev–Trinajstić information content (AvgIpc) is 2.42. The highest BCUT2D eigenvalue weighted by Gasteiger charge is 2.17. The van der Waals surface area contributed by atoms with Crippen molar-refractivity contribution < 1.29 is 4.79 Å². The quantitative estimate of drug-likeness (QED) is 0.797. The van der Waals surface area contributed by atoms with E-state index in [1.54, 1.807) is 0 Å². The molecule has 98 valence electrons. The van der Waals surface area contributed by atoms with Crippen molar-refractivity contribution in [2.45, 2.75) is 39.2 Å². The van der Waals surface area contributed by atoms with Crippen LogP contribution in [0.25, 0.3) is 0 Å². The van der Waals surface area contributed by atoms with Gasteiger partial charge in [-0.2, -0.15) is 0 Å². The topological polar surface area (TPSA) is 55.2 Å². The summed E-state index contributed by atoms with van der Waals surface area (Å²) >= 11 is 0. The Hall–Kier alpha value is -1.65. The zero-order valence-electron chi connectivity index (χ0n) is 10.8. The fourth-order valence-electron chi connectivity index (χ4n) is 2.16. The summed E-state index contributed by atoms with van der Waals surface area (Å²) < 4.78 is 1.39. The minimum atomic E-state index is -0.146. The summed E-state index contributed by atoms with van der Waals surface area (Å²) in [5.41, 5.74) is 0.619. The highest BCUT2D eigenvalue weighted by atomic mass is 16.2. The first kappa shape index (κ1) is 12.8. The van der Waals surface area contributed by atoms with Gasteiger partial charge in [0.15, 0.2) is 0 Å². The van der Waals surface area contributed by atoms with Crippen molar-refractivity contribution in [2.75, 3.05) is 13.1 Å². The lowest BCUT2D eigenvalue weighted by Gasteiger charge is -2.26. The first-order valence-corrected chi connectivity index (χ1v) is 6.54. The molecule has 1 aliphatic heterocycles. The lowest BCUT2D eigenvalue weighted by molar-refractivity contribution is -0.132. The Morgan fingerprint density at radius 1 is 1.33 bits per heavy atom. The van der Waals surface area contributed by atoms with E-state index in [1.807, 2.05) is 11.8 Å². The van der Waals surface area contributed by atoms with Crippen LogP contribution >= 0.6 is 0 Å². The predicted octanol–water partition coefficient (Wildman–Crippen LogP) is 0.818. The summed E-state index contributed by atoms with van der Waals surface area (Å²) in [4.78, 5) is 29.8. The summed E-state index contributed by atoms with van der Waals surface area (Å²) in [6.45, 7) is 3.68. The van der Waals surface area contributed by atoms with Crippen LogP contribution in [0.15, 0.2) is 17.2 Å². The van der Waals surface area contributed by atoms with Crippen molar-refractivity contribution in [1.82, 2.24) is 14.5 Å². The van der Waals surface area contributed by atoms with Crippen LogP contribution in [0.5, 0.6) is 0 Å². The molecule has 0 atom stereocenters. The van der Waals surface area contributed by atoms with Gasteiger partial charge < -0.3 is 4.90 Å². The van der Waals surface area contributed by atoms with Crippen LogP contribution in [0.3, 0.4) is 0 Å². The summed E-state index contributed by atoms with van der Waals surface area (Å²) in [6.07, 6.45) is 5.52. The Kier molecular flexibility index (Phi) is 4.12. The molecule has 0 saturated carbocycles. The number of aryl methyl sites for hydroxylation is 1. The van der Waals surface area contributed by atoms with Gasteiger partial charge in [0.2, 0.25) is 5.91 Å². The number of aromatic nitrogens is 2. The fraction of sp³-hybridized carbons (Fsp3) is 0.615. The van der Waals surface area contributed by atoms with Gasteiger partial charge in [-0.25, -0.2) is 4.98 Å². The van der Waals surface area contributed by atoms with Gasteiger partial charge in [0.1, 0.15) is 6.54 Å². The monoisotopic (exact) mass is 249 g/mol. The third kappa shape index (κ3) is 2.97. The number of rotatable bonds is 3. The van der Waals surface area contributed by atoms with Crippen molar-refractivity contribution >= 4 is 5.91 Å². The molecule has 0 unspecified atom stereocenters. The zero-order valence-corrected chi connectivity index (χ0v) is 10.8. The second kappa shape index (κ2) is 5.80. The molecule has 0 aliphatic carbocycles. The van der Waals surface area contributed by atoms with Gasteiger partial charge in [-0.05, 0) is 25.7 Å². The SMILES string of the molecule is CCc1cc(=O)n(CC(=O)N2CCCCC2)cn1. The molecule has 2 rings (SSSR count). The normalized spacial score (nSPS) is 15.7. The number of nitrogens with zero attached hydrogens (tertiary/aromatic N) is 3. The Morgan fingerprint density at radius 3 is 2.67 bits per heavy atom. The van der Waals surface area contributed by atoms with Crippen molar-refractivity contribution in [2.24, 2.45) is 0 Å². The van der Waals surface area contributed by atoms with Crippen molar-refractivity contribution in [3.63, 3.8) is 0 Å². The van der Waals surface area contributed by atoms with Crippen molar-refractivity contribution in [3.05, 3.63) is 28.4 Å². The lowest BCUT2D eigenvalue weighted by atomic mass is 10.1. The molecular weight excluding hydrogens is 230 g/mol. The third-order valence-electron chi connectivity index (χ3n) is 3.31. The van der Waals surface area contributed by atoms with Gasteiger partial charge in [-0.15, -0.1) is 0 Å². The molecule has 0 bridgehead atoms. The maximum atomic E-state index is 12.0. The van der Waals surface area contributed by atoms with E-state index in [1.165, 1.54) is 23.4 Å². The molecule has 5 nitrogen and oxygen atoms in total. The van der Waals surface area contributed by atoms with Crippen LogP contribution in [0.2, 0.25) is 0 Å². The minimum absolute atomic E-state index is 0.0165. The molecule has 0 radical (unpaired) electrons. The second-order valence-electron chi connectivity index (χ2n) is 4.64. The van der Waals surface area contributed by atoms with E-state index in [-0.39, 0.29) is 18.0 Å². The standard InChI is InChI=1S/C13H19N3O2/c1-2-11-8-12(17)16(10-14-11)9-13(18)15-6-4-3-5-7-15/h8,10H,2-7,9H2,1H3. The van der Waals surface area contributed by atoms with E-state index in [0.717, 1.165) is 38.0 Å². The van der Waals surface area contributed by atoms with Gasteiger partial charge >= 0.3 is 0 Å². The molecule has 0 N–H and O–H groups in total. The summed E-state index contributed by atoms with van der Waals surface area (Å²) in [7, 11) is 0. The maximum absolute atomic E-state index is 12.0. The van der Waals surface area contributed by atoms with E-state index in [2.05, 4.69) is 4.98 Å². The molecule has 2 heterocycles. The fourth-order valence-corrected chi connectivity index (χ4v) is 2.16. The molecule has 0 aromatic carbocycles. The molecular formula is C13H19N3O2. The first-order chi connectivity index (χ1) is 8.70. The van der Waals surface area contributed by atoms with Crippen LogP contribution in [-0.2, 0) is 17.8 Å². The zero-order chi connectivity index (χ0) is 13.0. The van der Waals surface area contributed by atoms with Gasteiger partial charge in [0.25, 0.3) is 5.56 Å². The Morgan fingerprint density at radius 2 is 2.06 bits per heavy atom. The van der Waals surface area contributed by atoms with Gasteiger partial charge in [-0.3, -0.25) is 14.2 Å². The Bertz CT molecular complexity index is 475. The lowest BCUT2D eigenvalue weighted by Crippen LogP contribution is -2.39. The third-order valence-corrected chi connectivity index (χ3v) is 3.31. The largest absolute Gasteiger partial charge is 0.341 e. The number of amides is 1. The van der Waals surface area contributed by atoms with Crippen LogP contribution in [0, 0.1) is 0 Å². The molecule has 0 spiro atoms.